The van der Waals surface area contributed by atoms with Crippen LogP contribution < -0.4 is 14.8 Å². The molecular weight excluding hydrogens is 356 g/mol. The molecule has 4 rings (SSSR count). The third kappa shape index (κ3) is 4.11. The van der Waals surface area contributed by atoms with Gasteiger partial charge >= 0.3 is 0 Å². The third-order valence-electron chi connectivity index (χ3n) is 5.15. The summed E-state index contributed by atoms with van der Waals surface area (Å²) >= 11 is 0. The minimum atomic E-state index is 0.0442. The number of carbonyl (C=O) groups excluding carboxylic acids is 2. The van der Waals surface area contributed by atoms with Crippen LogP contribution in [0, 0.1) is 0 Å². The van der Waals surface area contributed by atoms with Crippen molar-refractivity contribution in [1.82, 2.24) is 4.90 Å². The molecule has 2 aliphatic heterocycles. The number of hydrogen-bond donors (Lipinski definition) is 1. The molecule has 2 aromatic carbocycles. The summed E-state index contributed by atoms with van der Waals surface area (Å²) in [5.41, 5.74) is 2.23. The molecule has 2 aliphatic rings. The van der Waals surface area contributed by atoms with Crippen LogP contribution >= 0.6 is 0 Å². The molecular formula is C22H24N2O4. The van der Waals surface area contributed by atoms with Crippen molar-refractivity contribution < 1.29 is 19.1 Å². The summed E-state index contributed by atoms with van der Waals surface area (Å²) in [5.74, 6) is 1.44. The number of ether oxygens (including phenoxy) is 2. The maximum Gasteiger partial charge on any atom is 0.253 e. The number of rotatable bonds is 6. The highest BCUT2D eigenvalue weighted by molar-refractivity contribution is 5.97. The highest BCUT2D eigenvalue weighted by Gasteiger charge is 2.18. The van der Waals surface area contributed by atoms with E-state index in [0.717, 1.165) is 31.6 Å². The molecule has 1 N–H and O–H groups in total. The van der Waals surface area contributed by atoms with Crippen LogP contribution in [-0.4, -0.2) is 43.0 Å². The fourth-order valence-electron chi connectivity index (χ4n) is 3.54. The van der Waals surface area contributed by atoms with Gasteiger partial charge in [0.2, 0.25) is 6.79 Å². The van der Waals surface area contributed by atoms with Crippen LogP contribution in [0.25, 0.3) is 0 Å². The number of benzene rings is 2. The lowest BCUT2D eigenvalue weighted by atomic mass is 10.1. The largest absolute Gasteiger partial charge is 0.454 e. The van der Waals surface area contributed by atoms with E-state index in [1.54, 1.807) is 18.2 Å². The zero-order chi connectivity index (χ0) is 19.3. The van der Waals surface area contributed by atoms with E-state index in [-0.39, 0.29) is 18.5 Å². The number of carbonyl (C=O) groups is 2. The molecule has 0 atom stereocenters. The smallest absolute Gasteiger partial charge is 0.253 e. The Labute approximate surface area is 164 Å². The minimum Gasteiger partial charge on any atom is -0.454 e. The van der Waals surface area contributed by atoms with Crippen molar-refractivity contribution >= 4 is 17.4 Å². The van der Waals surface area contributed by atoms with Crippen LogP contribution in [0.5, 0.6) is 11.5 Å². The van der Waals surface area contributed by atoms with Gasteiger partial charge < -0.3 is 19.7 Å². The SMILES string of the molecule is O=C(CCNc1ccc(C(=O)N2CCCCC2)cc1)c1ccc2c(c1)OCO2. The second-order valence-electron chi connectivity index (χ2n) is 7.10. The Morgan fingerprint density at radius 1 is 0.893 bits per heavy atom. The van der Waals surface area contributed by atoms with Crippen molar-refractivity contribution in [2.45, 2.75) is 25.7 Å². The van der Waals surface area contributed by atoms with E-state index >= 15 is 0 Å². The second-order valence-corrected chi connectivity index (χ2v) is 7.10. The Morgan fingerprint density at radius 2 is 1.61 bits per heavy atom. The van der Waals surface area contributed by atoms with Gasteiger partial charge in [0.1, 0.15) is 0 Å². The Morgan fingerprint density at radius 3 is 2.39 bits per heavy atom. The van der Waals surface area contributed by atoms with Gasteiger partial charge in [-0.3, -0.25) is 9.59 Å². The van der Waals surface area contributed by atoms with Gasteiger partial charge in [0, 0.05) is 42.9 Å². The first-order valence-electron chi connectivity index (χ1n) is 9.77. The van der Waals surface area contributed by atoms with Crippen LogP contribution in [0.4, 0.5) is 5.69 Å². The molecule has 0 spiro atoms. The van der Waals surface area contributed by atoms with Crippen molar-refractivity contribution in [2.75, 3.05) is 31.7 Å². The molecule has 0 radical (unpaired) electrons. The summed E-state index contributed by atoms with van der Waals surface area (Å²) in [4.78, 5) is 26.8. The average Bonchev–Trinajstić information content (AvgIpc) is 3.22. The number of amides is 1. The number of ketones is 1. The van der Waals surface area contributed by atoms with Gasteiger partial charge in [0.05, 0.1) is 0 Å². The predicted octanol–water partition coefficient (Wildman–Crippen LogP) is 3.73. The molecule has 0 bridgehead atoms. The summed E-state index contributed by atoms with van der Waals surface area (Å²) in [6.07, 6.45) is 3.75. The quantitative estimate of drug-likeness (QED) is 0.774. The Bertz CT molecular complexity index is 857. The van der Waals surface area contributed by atoms with Gasteiger partial charge in [0.15, 0.2) is 17.3 Å². The normalized spacial score (nSPS) is 15.4. The summed E-state index contributed by atoms with van der Waals surface area (Å²) < 4.78 is 10.6. The van der Waals surface area contributed by atoms with E-state index in [4.69, 9.17) is 9.47 Å². The predicted molar refractivity (Wildman–Crippen MR) is 106 cm³/mol. The second kappa shape index (κ2) is 8.33. The van der Waals surface area contributed by atoms with Crippen LogP contribution in [0.3, 0.4) is 0 Å². The highest BCUT2D eigenvalue weighted by atomic mass is 16.7. The molecule has 0 unspecified atom stereocenters. The first-order chi connectivity index (χ1) is 13.7. The van der Waals surface area contributed by atoms with Crippen LogP contribution in [-0.2, 0) is 0 Å². The standard InChI is InChI=1S/C22H24N2O4/c25-19(17-6-9-20-21(14-17)28-15-27-20)10-11-23-18-7-4-16(5-8-18)22(26)24-12-2-1-3-13-24/h4-9,14,23H,1-3,10-13,15H2. The van der Waals surface area contributed by atoms with Crippen molar-refractivity contribution in [1.29, 1.82) is 0 Å². The lowest BCUT2D eigenvalue weighted by Crippen LogP contribution is -2.35. The molecule has 1 saturated heterocycles. The number of Topliss-reactive ketones (excluding diaryl/α,β-unsaturated/α-hetero) is 1. The number of likely N-dealkylation sites (tertiary alicyclic amines) is 1. The van der Waals surface area contributed by atoms with E-state index in [2.05, 4.69) is 5.32 Å². The summed E-state index contributed by atoms with van der Waals surface area (Å²) in [7, 11) is 0. The fourth-order valence-corrected chi connectivity index (χ4v) is 3.54. The molecule has 6 nitrogen and oxygen atoms in total. The maximum atomic E-state index is 12.5. The van der Waals surface area contributed by atoms with Crippen molar-refractivity contribution in [3.8, 4) is 11.5 Å². The average molecular weight is 380 g/mol. The molecule has 28 heavy (non-hydrogen) atoms. The number of fused-ring (bicyclic) bond motifs is 1. The molecule has 146 valence electrons. The maximum absolute atomic E-state index is 12.5. The monoisotopic (exact) mass is 380 g/mol. The summed E-state index contributed by atoms with van der Waals surface area (Å²) in [6, 6.07) is 12.7. The lowest BCUT2D eigenvalue weighted by Gasteiger charge is -2.26. The molecule has 1 fully saturated rings. The van der Waals surface area contributed by atoms with Gasteiger partial charge in [-0.05, 0) is 61.7 Å². The first-order valence-corrected chi connectivity index (χ1v) is 9.77. The van der Waals surface area contributed by atoms with Gasteiger partial charge in [-0.25, -0.2) is 0 Å². The van der Waals surface area contributed by atoms with Crippen molar-refractivity contribution in [2.24, 2.45) is 0 Å². The Hall–Kier alpha value is -3.02. The Balaban J connectivity index is 1.28. The van der Waals surface area contributed by atoms with Crippen LogP contribution in [0.15, 0.2) is 42.5 Å². The lowest BCUT2D eigenvalue weighted by molar-refractivity contribution is 0.0724. The molecule has 6 heteroatoms. The van der Waals surface area contributed by atoms with Gasteiger partial charge in [0.25, 0.3) is 5.91 Å². The summed E-state index contributed by atoms with van der Waals surface area (Å²) in [6.45, 7) is 2.42. The van der Waals surface area contributed by atoms with Crippen molar-refractivity contribution in [3.63, 3.8) is 0 Å². The van der Waals surface area contributed by atoms with Crippen LogP contribution in [0.1, 0.15) is 46.4 Å². The number of piperidine rings is 1. The molecule has 0 aliphatic carbocycles. The molecule has 1 amide bonds. The van der Waals surface area contributed by atoms with Gasteiger partial charge in [-0.1, -0.05) is 0 Å². The van der Waals surface area contributed by atoms with Gasteiger partial charge in [-0.2, -0.15) is 0 Å². The number of anilines is 1. The van der Waals surface area contributed by atoms with E-state index in [0.29, 0.717) is 35.6 Å². The topological polar surface area (TPSA) is 67.9 Å². The molecule has 2 aromatic rings. The Kier molecular flexibility index (Phi) is 5.46. The number of hydrogen-bond acceptors (Lipinski definition) is 5. The number of nitrogens with one attached hydrogen (secondary N) is 1. The van der Waals surface area contributed by atoms with E-state index < -0.39 is 0 Å². The van der Waals surface area contributed by atoms with E-state index in [9.17, 15) is 9.59 Å². The van der Waals surface area contributed by atoms with Crippen LogP contribution in [0.2, 0.25) is 0 Å². The number of nitrogens with zero attached hydrogens (tertiary/aromatic N) is 1. The fraction of sp³-hybridized carbons (Fsp3) is 0.364. The zero-order valence-corrected chi connectivity index (χ0v) is 15.8. The molecule has 0 saturated carbocycles. The minimum absolute atomic E-state index is 0.0442. The van der Waals surface area contributed by atoms with E-state index in [1.807, 2.05) is 29.2 Å². The third-order valence-corrected chi connectivity index (χ3v) is 5.15. The first kappa shape index (κ1) is 18.3. The zero-order valence-electron chi connectivity index (χ0n) is 15.8. The van der Waals surface area contributed by atoms with E-state index in [1.165, 1.54) is 6.42 Å². The summed E-state index contributed by atoms with van der Waals surface area (Å²) in [5, 5.41) is 3.24. The van der Waals surface area contributed by atoms with Crippen molar-refractivity contribution in [3.05, 3.63) is 53.6 Å². The highest BCUT2D eigenvalue weighted by Crippen LogP contribution is 2.32. The van der Waals surface area contributed by atoms with Gasteiger partial charge in [-0.15, -0.1) is 0 Å². The molecule has 2 heterocycles. The molecule has 0 aromatic heterocycles.